The summed E-state index contributed by atoms with van der Waals surface area (Å²) in [6.45, 7) is 1.90. The first kappa shape index (κ1) is 14.0. The second kappa shape index (κ2) is 5.72. The summed E-state index contributed by atoms with van der Waals surface area (Å²) in [6.07, 6.45) is 0. The molecule has 1 unspecified atom stereocenters. The van der Waals surface area contributed by atoms with Crippen molar-refractivity contribution in [2.75, 3.05) is 11.9 Å². The Bertz CT molecular complexity index is 633. The van der Waals surface area contributed by atoms with Crippen LogP contribution in [0.2, 0.25) is 0 Å². The first-order valence-electron chi connectivity index (χ1n) is 6.24. The zero-order chi connectivity index (χ0) is 14.6. The van der Waals surface area contributed by atoms with Crippen LogP contribution in [0.4, 0.5) is 10.1 Å². The molecule has 0 fully saturated rings. The van der Waals surface area contributed by atoms with E-state index >= 15 is 0 Å². The van der Waals surface area contributed by atoms with Gasteiger partial charge in [0.25, 0.3) is 0 Å². The number of nitriles is 1. The fourth-order valence-electron chi connectivity index (χ4n) is 1.93. The average Bonchev–Trinajstić information content (AvgIpc) is 2.46. The van der Waals surface area contributed by atoms with E-state index in [1.807, 2.05) is 36.4 Å². The molecule has 2 rings (SSSR count). The summed E-state index contributed by atoms with van der Waals surface area (Å²) in [5.41, 5.74) is 0.412. The monoisotopic (exact) mass is 270 g/mol. The Hall–Kier alpha value is -2.38. The molecule has 0 aromatic heterocycles. The van der Waals surface area contributed by atoms with Crippen molar-refractivity contribution < 1.29 is 9.50 Å². The molecule has 0 aliphatic heterocycles. The van der Waals surface area contributed by atoms with Crippen LogP contribution in [-0.4, -0.2) is 11.7 Å². The largest absolute Gasteiger partial charge is 0.384 e. The van der Waals surface area contributed by atoms with Crippen molar-refractivity contribution in [3.05, 3.63) is 65.5 Å². The first-order chi connectivity index (χ1) is 9.53. The predicted octanol–water partition coefficient (Wildman–Crippen LogP) is 3.02. The Morgan fingerprint density at radius 1 is 1.25 bits per heavy atom. The lowest BCUT2D eigenvalue weighted by atomic mass is 9.96. The van der Waals surface area contributed by atoms with Crippen LogP contribution in [0.3, 0.4) is 0 Å². The van der Waals surface area contributed by atoms with Crippen LogP contribution >= 0.6 is 0 Å². The molecule has 0 saturated heterocycles. The van der Waals surface area contributed by atoms with Crippen LogP contribution in [0.25, 0.3) is 0 Å². The molecule has 0 heterocycles. The van der Waals surface area contributed by atoms with Crippen LogP contribution in [0, 0.1) is 17.1 Å². The quantitative estimate of drug-likeness (QED) is 0.898. The highest BCUT2D eigenvalue weighted by Crippen LogP contribution is 2.22. The van der Waals surface area contributed by atoms with Crippen molar-refractivity contribution in [3.63, 3.8) is 0 Å². The molecule has 3 nitrogen and oxygen atoms in total. The van der Waals surface area contributed by atoms with E-state index in [0.717, 1.165) is 5.56 Å². The van der Waals surface area contributed by atoms with Gasteiger partial charge in [0, 0.05) is 6.54 Å². The van der Waals surface area contributed by atoms with E-state index in [1.54, 1.807) is 6.92 Å². The maximum absolute atomic E-state index is 13.0. The number of aliphatic hydroxyl groups is 1. The molecule has 0 aliphatic carbocycles. The molecule has 2 aromatic rings. The van der Waals surface area contributed by atoms with Crippen molar-refractivity contribution in [2.24, 2.45) is 0 Å². The maximum atomic E-state index is 13.0. The van der Waals surface area contributed by atoms with Crippen molar-refractivity contribution >= 4 is 5.69 Å². The van der Waals surface area contributed by atoms with Crippen molar-refractivity contribution in [3.8, 4) is 6.07 Å². The number of nitrogens with zero attached hydrogens (tertiary/aromatic N) is 1. The van der Waals surface area contributed by atoms with Gasteiger partial charge in [0.15, 0.2) is 0 Å². The number of halogens is 1. The lowest BCUT2D eigenvalue weighted by molar-refractivity contribution is 0.0715. The first-order valence-corrected chi connectivity index (χ1v) is 6.24. The van der Waals surface area contributed by atoms with Crippen LogP contribution in [-0.2, 0) is 5.60 Å². The summed E-state index contributed by atoms with van der Waals surface area (Å²) in [4.78, 5) is 0. The smallest absolute Gasteiger partial charge is 0.124 e. The Kier molecular flexibility index (Phi) is 4.02. The summed E-state index contributed by atoms with van der Waals surface area (Å²) in [7, 11) is 0. The van der Waals surface area contributed by atoms with Gasteiger partial charge in [-0.25, -0.2) is 4.39 Å². The number of nitrogens with one attached hydrogen (secondary N) is 1. The molecule has 0 saturated carbocycles. The zero-order valence-electron chi connectivity index (χ0n) is 11.1. The second-order valence-electron chi connectivity index (χ2n) is 4.80. The van der Waals surface area contributed by atoms with Crippen LogP contribution in [0.1, 0.15) is 18.1 Å². The number of rotatable bonds is 4. The van der Waals surface area contributed by atoms with E-state index < -0.39 is 11.4 Å². The van der Waals surface area contributed by atoms with Gasteiger partial charge < -0.3 is 10.4 Å². The summed E-state index contributed by atoms with van der Waals surface area (Å²) in [5.74, 6) is -0.457. The molecule has 0 amide bonds. The summed E-state index contributed by atoms with van der Waals surface area (Å²) in [6, 6.07) is 15.1. The highest BCUT2D eigenvalue weighted by atomic mass is 19.1. The second-order valence-corrected chi connectivity index (χ2v) is 4.80. The van der Waals surface area contributed by atoms with Crippen LogP contribution in [0.5, 0.6) is 0 Å². The van der Waals surface area contributed by atoms with Crippen LogP contribution in [0.15, 0.2) is 48.5 Å². The van der Waals surface area contributed by atoms with E-state index in [-0.39, 0.29) is 12.1 Å². The van der Waals surface area contributed by atoms with E-state index in [1.165, 1.54) is 18.2 Å². The van der Waals surface area contributed by atoms with Crippen LogP contribution < -0.4 is 5.32 Å². The minimum absolute atomic E-state index is 0.217. The Morgan fingerprint density at radius 2 is 1.95 bits per heavy atom. The minimum atomic E-state index is -1.08. The molecule has 2 N–H and O–H groups in total. The van der Waals surface area contributed by atoms with Gasteiger partial charge in [-0.05, 0) is 30.7 Å². The fourth-order valence-corrected chi connectivity index (χ4v) is 1.93. The fraction of sp³-hybridized carbons (Fsp3) is 0.188. The maximum Gasteiger partial charge on any atom is 0.124 e. The van der Waals surface area contributed by atoms with Gasteiger partial charge in [-0.2, -0.15) is 5.26 Å². The van der Waals surface area contributed by atoms with Gasteiger partial charge in [-0.1, -0.05) is 30.3 Å². The zero-order valence-corrected chi connectivity index (χ0v) is 11.1. The van der Waals surface area contributed by atoms with Crippen molar-refractivity contribution in [2.45, 2.75) is 12.5 Å². The molecule has 4 heteroatoms. The summed E-state index contributed by atoms with van der Waals surface area (Å²) >= 11 is 0. The molecular weight excluding hydrogens is 255 g/mol. The van der Waals surface area contributed by atoms with E-state index in [0.29, 0.717) is 5.69 Å². The third kappa shape index (κ3) is 3.14. The highest BCUT2D eigenvalue weighted by molar-refractivity contribution is 5.57. The molecule has 0 aliphatic rings. The normalized spacial score (nSPS) is 13.3. The highest BCUT2D eigenvalue weighted by Gasteiger charge is 2.22. The number of hydrogen-bond donors (Lipinski definition) is 2. The van der Waals surface area contributed by atoms with Gasteiger partial charge in [0.2, 0.25) is 0 Å². The molecular formula is C16H15FN2O. The lowest BCUT2D eigenvalue weighted by Gasteiger charge is -2.25. The molecule has 1 atom stereocenters. The molecule has 0 radical (unpaired) electrons. The third-order valence-corrected chi connectivity index (χ3v) is 3.12. The lowest BCUT2D eigenvalue weighted by Crippen LogP contribution is -2.30. The van der Waals surface area contributed by atoms with Gasteiger partial charge in [-0.15, -0.1) is 0 Å². The third-order valence-electron chi connectivity index (χ3n) is 3.12. The summed E-state index contributed by atoms with van der Waals surface area (Å²) < 4.78 is 13.0. The number of anilines is 1. The van der Waals surface area contributed by atoms with Gasteiger partial charge >= 0.3 is 0 Å². The number of benzene rings is 2. The predicted molar refractivity (Wildman–Crippen MR) is 75.6 cm³/mol. The van der Waals surface area contributed by atoms with Gasteiger partial charge in [-0.3, -0.25) is 0 Å². The molecule has 20 heavy (non-hydrogen) atoms. The molecule has 0 spiro atoms. The topological polar surface area (TPSA) is 56.0 Å². The van der Waals surface area contributed by atoms with Gasteiger partial charge in [0.05, 0.1) is 11.3 Å². The standard InChI is InChI=1S/C16H15FN2O/c1-16(20,13-5-3-2-4-6-13)11-19-15-8-7-14(17)9-12(15)10-18/h2-9,19-20H,11H2,1H3. The van der Waals surface area contributed by atoms with Crippen molar-refractivity contribution in [1.82, 2.24) is 0 Å². The van der Waals surface area contributed by atoms with Crippen molar-refractivity contribution in [1.29, 1.82) is 5.26 Å². The summed E-state index contributed by atoms with van der Waals surface area (Å²) in [5, 5.41) is 22.4. The SMILES string of the molecule is CC(O)(CNc1ccc(F)cc1C#N)c1ccccc1. The molecule has 0 bridgehead atoms. The Balaban J connectivity index is 2.15. The van der Waals surface area contributed by atoms with Gasteiger partial charge in [0.1, 0.15) is 17.5 Å². The number of hydrogen-bond acceptors (Lipinski definition) is 3. The minimum Gasteiger partial charge on any atom is -0.384 e. The van der Waals surface area contributed by atoms with E-state index in [2.05, 4.69) is 5.32 Å². The van der Waals surface area contributed by atoms with E-state index in [9.17, 15) is 9.50 Å². The Labute approximate surface area is 117 Å². The Morgan fingerprint density at radius 3 is 2.60 bits per heavy atom. The van der Waals surface area contributed by atoms with E-state index in [4.69, 9.17) is 5.26 Å². The average molecular weight is 270 g/mol. The molecule has 2 aromatic carbocycles. The molecule has 102 valence electrons.